The largest absolute Gasteiger partial charge is 0.368 e. The van der Waals surface area contributed by atoms with E-state index in [4.69, 9.17) is 11.5 Å². The molecular weight excluding hydrogens is 164 g/mol. The summed E-state index contributed by atoms with van der Waals surface area (Å²) in [5, 5.41) is 0. The molecule has 0 atom stereocenters. The van der Waals surface area contributed by atoms with E-state index in [1.165, 1.54) is 5.57 Å². The number of hydrogen-bond acceptors (Lipinski definition) is 4. The standard InChI is InChI=1S/C9H14N4/c10-7-3-1-6(2-4-7)8-5-12-9(11)13-8/h5,7H,1-4,10H2,(H2,11,13). The lowest BCUT2D eigenvalue weighted by Crippen LogP contribution is -2.23. The molecule has 0 bridgehead atoms. The molecule has 0 aromatic rings. The molecule has 0 unspecified atom stereocenters. The molecule has 1 fully saturated rings. The molecule has 1 heterocycles. The van der Waals surface area contributed by atoms with Crippen LogP contribution in [0.1, 0.15) is 25.7 Å². The van der Waals surface area contributed by atoms with E-state index in [0.717, 1.165) is 31.4 Å². The normalized spacial score (nSPS) is 28.1. The molecule has 13 heavy (non-hydrogen) atoms. The lowest BCUT2D eigenvalue weighted by molar-refractivity contribution is 0.510. The quantitative estimate of drug-likeness (QED) is 0.568. The van der Waals surface area contributed by atoms with Crippen LogP contribution < -0.4 is 11.5 Å². The SMILES string of the molecule is NC1=NC(=C2CCC(N)CC2)C=N1. The van der Waals surface area contributed by atoms with Crippen LogP contribution in [0.5, 0.6) is 0 Å². The van der Waals surface area contributed by atoms with E-state index >= 15 is 0 Å². The van der Waals surface area contributed by atoms with Crippen LogP contribution in [0.2, 0.25) is 0 Å². The minimum Gasteiger partial charge on any atom is -0.368 e. The topological polar surface area (TPSA) is 76.8 Å². The van der Waals surface area contributed by atoms with Crippen LogP contribution in [0.4, 0.5) is 0 Å². The van der Waals surface area contributed by atoms with Gasteiger partial charge in [-0.3, -0.25) is 0 Å². The molecule has 4 N–H and O–H groups in total. The van der Waals surface area contributed by atoms with Gasteiger partial charge >= 0.3 is 0 Å². The number of hydrogen-bond donors (Lipinski definition) is 2. The molecule has 1 saturated carbocycles. The molecule has 4 nitrogen and oxygen atoms in total. The monoisotopic (exact) mass is 178 g/mol. The smallest absolute Gasteiger partial charge is 0.220 e. The Bertz CT molecular complexity index is 291. The Labute approximate surface area is 77.4 Å². The van der Waals surface area contributed by atoms with Crippen molar-refractivity contribution in [1.29, 1.82) is 0 Å². The van der Waals surface area contributed by atoms with E-state index in [2.05, 4.69) is 9.98 Å². The van der Waals surface area contributed by atoms with Crippen molar-refractivity contribution in [3.05, 3.63) is 11.3 Å². The Morgan fingerprint density at radius 1 is 1.31 bits per heavy atom. The highest BCUT2D eigenvalue weighted by Crippen LogP contribution is 2.26. The molecule has 0 saturated heterocycles. The van der Waals surface area contributed by atoms with Crippen molar-refractivity contribution in [2.45, 2.75) is 31.7 Å². The fraction of sp³-hybridized carbons (Fsp3) is 0.556. The average molecular weight is 178 g/mol. The Morgan fingerprint density at radius 3 is 2.54 bits per heavy atom. The third-order valence-electron chi connectivity index (χ3n) is 2.55. The van der Waals surface area contributed by atoms with E-state index in [1.807, 2.05) is 0 Å². The maximum absolute atomic E-state index is 5.81. The van der Waals surface area contributed by atoms with Crippen LogP contribution >= 0.6 is 0 Å². The molecule has 0 radical (unpaired) electrons. The van der Waals surface area contributed by atoms with Gasteiger partial charge in [-0.05, 0) is 31.3 Å². The number of nitrogens with zero attached hydrogens (tertiary/aromatic N) is 2. The third-order valence-corrected chi connectivity index (χ3v) is 2.55. The summed E-state index contributed by atoms with van der Waals surface area (Å²) < 4.78 is 0. The predicted molar refractivity (Wildman–Crippen MR) is 53.6 cm³/mol. The zero-order valence-corrected chi connectivity index (χ0v) is 7.53. The molecule has 1 aliphatic heterocycles. The molecule has 2 aliphatic rings. The second-order valence-corrected chi connectivity index (χ2v) is 3.55. The Hall–Kier alpha value is -1.16. The summed E-state index contributed by atoms with van der Waals surface area (Å²) >= 11 is 0. The summed E-state index contributed by atoms with van der Waals surface area (Å²) in [5.41, 5.74) is 13.6. The van der Waals surface area contributed by atoms with Gasteiger partial charge in [-0.25, -0.2) is 9.98 Å². The summed E-state index contributed by atoms with van der Waals surface area (Å²) in [7, 11) is 0. The first-order chi connectivity index (χ1) is 6.25. The first kappa shape index (κ1) is 8.44. The second kappa shape index (κ2) is 3.30. The van der Waals surface area contributed by atoms with Crippen molar-refractivity contribution in [1.82, 2.24) is 0 Å². The molecule has 0 aromatic carbocycles. The summed E-state index contributed by atoms with van der Waals surface area (Å²) in [6, 6.07) is 0.365. The molecule has 0 spiro atoms. The maximum atomic E-state index is 5.81. The van der Waals surface area contributed by atoms with Crippen molar-refractivity contribution < 1.29 is 0 Å². The van der Waals surface area contributed by atoms with Gasteiger partial charge in [0.15, 0.2) is 0 Å². The third kappa shape index (κ3) is 1.78. The maximum Gasteiger partial charge on any atom is 0.220 e. The molecule has 2 rings (SSSR count). The van der Waals surface area contributed by atoms with E-state index in [0.29, 0.717) is 12.0 Å². The van der Waals surface area contributed by atoms with Crippen LogP contribution in [-0.4, -0.2) is 18.2 Å². The Kier molecular flexibility index (Phi) is 2.14. The van der Waals surface area contributed by atoms with E-state index < -0.39 is 0 Å². The summed E-state index contributed by atoms with van der Waals surface area (Å²) in [4.78, 5) is 8.07. The zero-order chi connectivity index (χ0) is 9.26. The second-order valence-electron chi connectivity index (χ2n) is 3.55. The summed E-state index contributed by atoms with van der Waals surface area (Å²) in [6.45, 7) is 0. The molecule has 0 amide bonds. The number of nitrogens with two attached hydrogens (primary N) is 2. The van der Waals surface area contributed by atoms with Gasteiger partial charge in [-0.15, -0.1) is 0 Å². The highest BCUT2D eigenvalue weighted by atomic mass is 15.1. The van der Waals surface area contributed by atoms with Crippen molar-refractivity contribution in [2.75, 3.05) is 0 Å². The number of aliphatic imine (C=N–C) groups is 2. The van der Waals surface area contributed by atoms with Crippen LogP contribution in [-0.2, 0) is 0 Å². The van der Waals surface area contributed by atoms with Crippen LogP contribution in [0.15, 0.2) is 21.3 Å². The molecular formula is C9H14N4. The minimum absolute atomic E-state index is 0.365. The van der Waals surface area contributed by atoms with Gasteiger partial charge in [0, 0.05) is 6.04 Å². The van der Waals surface area contributed by atoms with Crippen molar-refractivity contribution in [3.63, 3.8) is 0 Å². The van der Waals surface area contributed by atoms with Crippen LogP contribution in [0.25, 0.3) is 0 Å². The summed E-state index contributed by atoms with van der Waals surface area (Å²) in [5.74, 6) is 0.373. The van der Waals surface area contributed by atoms with Gasteiger partial charge in [-0.1, -0.05) is 0 Å². The Morgan fingerprint density at radius 2 is 2.00 bits per heavy atom. The van der Waals surface area contributed by atoms with E-state index in [9.17, 15) is 0 Å². The zero-order valence-electron chi connectivity index (χ0n) is 7.53. The number of rotatable bonds is 0. The van der Waals surface area contributed by atoms with Crippen molar-refractivity contribution in [2.24, 2.45) is 21.5 Å². The summed E-state index contributed by atoms with van der Waals surface area (Å²) in [6.07, 6.45) is 5.95. The Balaban J connectivity index is 2.13. The first-order valence-electron chi connectivity index (χ1n) is 4.61. The lowest BCUT2D eigenvalue weighted by atomic mass is 9.90. The van der Waals surface area contributed by atoms with Crippen LogP contribution in [0, 0.1) is 0 Å². The van der Waals surface area contributed by atoms with Crippen molar-refractivity contribution in [3.8, 4) is 0 Å². The van der Waals surface area contributed by atoms with Crippen molar-refractivity contribution >= 4 is 12.2 Å². The van der Waals surface area contributed by atoms with Gasteiger partial charge in [0.1, 0.15) is 0 Å². The first-order valence-corrected chi connectivity index (χ1v) is 4.61. The van der Waals surface area contributed by atoms with Gasteiger partial charge in [0.05, 0.1) is 11.9 Å². The van der Waals surface area contributed by atoms with Crippen LogP contribution in [0.3, 0.4) is 0 Å². The van der Waals surface area contributed by atoms with Gasteiger partial charge in [0.25, 0.3) is 0 Å². The lowest BCUT2D eigenvalue weighted by Gasteiger charge is -2.20. The highest BCUT2D eigenvalue weighted by molar-refractivity contribution is 6.00. The fourth-order valence-corrected chi connectivity index (χ4v) is 1.72. The highest BCUT2D eigenvalue weighted by Gasteiger charge is 2.16. The average Bonchev–Trinajstić information content (AvgIpc) is 2.53. The minimum atomic E-state index is 0.365. The number of allylic oxidation sites excluding steroid dienone is 2. The van der Waals surface area contributed by atoms with Gasteiger partial charge in [0.2, 0.25) is 5.96 Å². The van der Waals surface area contributed by atoms with Gasteiger partial charge < -0.3 is 11.5 Å². The fourth-order valence-electron chi connectivity index (χ4n) is 1.72. The van der Waals surface area contributed by atoms with E-state index in [-0.39, 0.29) is 0 Å². The molecule has 4 heteroatoms. The molecule has 70 valence electrons. The van der Waals surface area contributed by atoms with Gasteiger partial charge in [-0.2, -0.15) is 0 Å². The predicted octanol–water partition coefficient (Wildman–Crippen LogP) is 0.541. The van der Waals surface area contributed by atoms with E-state index in [1.54, 1.807) is 6.21 Å². The molecule has 1 aliphatic carbocycles. The number of guanidine groups is 1. The molecule has 0 aromatic heterocycles.